The van der Waals surface area contributed by atoms with Crippen molar-refractivity contribution in [2.75, 3.05) is 33.3 Å². The summed E-state index contributed by atoms with van der Waals surface area (Å²) in [5.41, 5.74) is 0.319. The van der Waals surface area contributed by atoms with Gasteiger partial charge in [0.25, 0.3) is 0 Å². The maximum Gasteiger partial charge on any atom is 0.122 e. The summed E-state index contributed by atoms with van der Waals surface area (Å²) in [7, 11) is 4.23. The molecule has 3 rings (SSSR count). The molecule has 1 aromatic heterocycles. The molecular weight excluding hydrogens is 228 g/mol. The van der Waals surface area contributed by atoms with E-state index in [9.17, 15) is 0 Å². The molecule has 0 spiro atoms. The Balaban J connectivity index is 1.64. The summed E-state index contributed by atoms with van der Waals surface area (Å²) < 4.78 is 7.92. The Kier molecular flexibility index (Phi) is 3.13. The first kappa shape index (κ1) is 12.1. The van der Waals surface area contributed by atoms with Crippen molar-refractivity contribution in [1.29, 1.82) is 0 Å². The number of hydrogen-bond donors (Lipinski definition) is 1. The maximum absolute atomic E-state index is 5.83. The van der Waals surface area contributed by atoms with Crippen LogP contribution in [0.1, 0.15) is 12.2 Å². The van der Waals surface area contributed by atoms with Crippen LogP contribution >= 0.6 is 0 Å². The van der Waals surface area contributed by atoms with Crippen molar-refractivity contribution in [3.63, 3.8) is 0 Å². The third-order valence-electron chi connectivity index (χ3n) is 4.33. The summed E-state index contributed by atoms with van der Waals surface area (Å²) in [4.78, 5) is 6.76. The Morgan fingerprint density at radius 1 is 1.67 bits per heavy atom. The van der Waals surface area contributed by atoms with Crippen LogP contribution < -0.4 is 5.32 Å². The van der Waals surface area contributed by atoms with Crippen molar-refractivity contribution in [3.8, 4) is 0 Å². The van der Waals surface area contributed by atoms with Crippen molar-refractivity contribution >= 4 is 0 Å². The van der Waals surface area contributed by atoms with E-state index in [0.717, 1.165) is 38.6 Å². The smallest absolute Gasteiger partial charge is 0.122 e. The van der Waals surface area contributed by atoms with E-state index in [1.165, 1.54) is 6.42 Å². The Morgan fingerprint density at radius 3 is 3.33 bits per heavy atom. The number of imidazole rings is 1. The highest BCUT2D eigenvalue weighted by molar-refractivity contribution is 5.02. The van der Waals surface area contributed by atoms with Crippen molar-refractivity contribution in [1.82, 2.24) is 19.8 Å². The van der Waals surface area contributed by atoms with Crippen molar-refractivity contribution < 1.29 is 4.74 Å². The molecule has 2 saturated heterocycles. The van der Waals surface area contributed by atoms with Gasteiger partial charge in [-0.25, -0.2) is 4.98 Å². The van der Waals surface area contributed by atoms with Crippen LogP contribution in [0.4, 0.5) is 0 Å². The van der Waals surface area contributed by atoms with Crippen LogP contribution in [-0.2, 0) is 18.3 Å². The van der Waals surface area contributed by atoms with Gasteiger partial charge in [0, 0.05) is 51.1 Å². The molecule has 5 nitrogen and oxygen atoms in total. The Morgan fingerprint density at radius 2 is 2.56 bits per heavy atom. The van der Waals surface area contributed by atoms with Gasteiger partial charge in [-0.2, -0.15) is 0 Å². The second-order valence-electron chi connectivity index (χ2n) is 5.73. The molecular formula is C13H22N4O. The van der Waals surface area contributed by atoms with Crippen LogP contribution in [0.2, 0.25) is 0 Å². The SMILES string of the molecule is CN(Cc1nccn1C)C[C@]12CCO[C@H]1CNC2. The number of nitrogens with zero attached hydrogens (tertiary/aromatic N) is 3. The minimum Gasteiger partial charge on any atom is -0.376 e. The first-order valence-corrected chi connectivity index (χ1v) is 6.67. The van der Waals surface area contributed by atoms with Gasteiger partial charge >= 0.3 is 0 Å². The van der Waals surface area contributed by atoms with Gasteiger partial charge in [0.05, 0.1) is 12.6 Å². The number of fused-ring (bicyclic) bond motifs is 1. The third kappa shape index (κ3) is 2.06. The Hall–Kier alpha value is -0.910. The molecule has 100 valence electrons. The molecule has 1 aromatic rings. The fraction of sp³-hybridized carbons (Fsp3) is 0.769. The van der Waals surface area contributed by atoms with Crippen LogP contribution in [0.15, 0.2) is 12.4 Å². The van der Waals surface area contributed by atoms with Crippen molar-refractivity contribution in [2.45, 2.75) is 19.1 Å². The summed E-state index contributed by atoms with van der Waals surface area (Å²) in [6, 6.07) is 0. The first-order chi connectivity index (χ1) is 8.70. The topological polar surface area (TPSA) is 42.3 Å². The van der Waals surface area contributed by atoms with E-state index < -0.39 is 0 Å². The zero-order valence-electron chi connectivity index (χ0n) is 11.2. The molecule has 5 heteroatoms. The quantitative estimate of drug-likeness (QED) is 0.831. The average molecular weight is 250 g/mol. The van der Waals surface area contributed by atoms with E-state index >= 15 is 0 Å². The minimum absolute atomic E-state index is 0.319. The van der Waals surface area contributed by atoms with Crippen LogP contribution in [0.5, 0.6) is 0 Å². The normalized spacial score (nSPS) is 31.2. The molecule has 0 aromatic carbocycles. The van der Waals surface area contributed by atoms with Crippen LogP contribution in [0.3, 0.4) is 0 Å². The fourth-order valence-corrected chi connectivity index (χ4v) is 3.29. The van der Waals surface area contributed by atoms with E-state index in [4.69, 9.17) is 4.74 Å². The minimum atomic E-state index is 0.319. The molecule has 2 fully saturated rings. The molecule has 2 aliphatic rings. The molecule has 0 aliphatic carbocycles. The van der Waals surface area contributed by atoms with Gasteiger partial charge in [-0.15, -0.1) is 0 Å². The van der Waals surface area contributed by atoms with Crippen LogP contribution in [-0.4, -0.2) is 53.8 Å². The number of ether oxygens (including phenoxy) is 1. The molecule has 2 atom stereocenters. The lowest BCUT2D eigenvalue weighted by Gasteiger charge is -2.31. The van der Waals surface area contributed by atoms with Gasteiger partial charge in [0.1, 0.15) is 5.82 Å². The fourth-order valence-electron chi connectivity index (χ4n) is 3.29. The van der Waals surface area contributed by atoms with Gasteiger partial charge in [0.15, 0.2) is 0 Å². The molecule has 18 heavy (non-hydrogen) atoms. The summed E-state index contributed by atoms with van der Waals surface area (Å²) in [6.45, 7) is 5.00. The molecule has 3 heterocycles. The zero-order valence-corrected chi connectivity index (χ0v) is 11.2. The largest absolute Gasteiger partial charge is 0.376 e. The van der Waals surface area contributed by atoms with E-state index in [1.54, 1.807) is 0 Å². The number of aromatic nitrogens is 2. The zero-order chi connectivity index (χ0) is 12.6. The van der Waals surface area contributed by atoms with E-state index in [1.807, 2.05) is 19.4 Å². The van der Waals surface area contributed by atoms with Gasteiger partial charge in [0.2, 0.25) is 0 Å². The predicted molar refractivity (Wildman–Crippen MR) is 69.2 cm³/mol. The Bertz CT molecular complexity index is 407. The van der Waals surface area contributed by atoms with Crippen molar-refractivity contribution in [2.24, 2.45) is 12.5 Å². The molecule has 0 amide bonds. The summed E-state index contributed by atoms with van der Waals surface area (Å²) in [5, 5.41) is 3.47. The monoisotopic (exact) mass is 250 g/mol. The molecule has 0 bridgehead atoms. The third-order valence-corrected chi connectivity index (χ3v) is 4.33. The lowest BCUT2D eigenvalue weighted by atomic mass is 9.83. The standard InChI is InChI=1S/C13H22N4O/c1-16(8-12-15-4-5-17(12)2)10-13-3-6-18-11(13)7-14-9-13/h4-5,11,14H,3,6-10H2,1-2H3/t11-,13+/m0/s1. The molecule has 0 radical (unpaired) electrons. The van der Waals surface area contributed by atoms with Gasteiger partial charge in [-0.1, -0.05) is 0 Å². The molecule has 0 unspecified atom stereocenters. The predicted octanol–water partition coefficient (Wildman–Crippen LogP) is 0.230. The highest BCUT2D eigenvalue weighted by Crippen LogP contribution is 2.38. The lowest BCUT2D eigenvalue weighted by molar-refractivity contribution is 0.0649. The lowest BCUT2D eigenvalue weighted by Crippen LogP contribution is -2.41. The summed E-state index contributed by atoms with van der Waals surface area (Å²) in [5.74, 6) is 1.12. The van der Waals surface area contributed by atoms with E-state index in [-0.39, 0.29) is 0 Å². The van der Waals surface area contributed by atoms with Crippen molar-refractivity contribution in [3.05, 3.63) is 18.2 Å². The number of rotatable bonds is 4. The molecule has 1 N–H and O–H groups in total. The number of nitrogens with one attached hydrogen (secondary N) is 1. The summed E-state index contributed by atoms with van der Waals surface area (Å²) >= 11 is 0. The highest BCUT2D eigenvalue weighted by Gasteiger charge is 2.47. The number of aryl methyl sites for hydroxylation is 1. The summed E-state index contributed by atoms with van der Waals surface area (Å²) in [6.07, 6.45) is 5.44. The number of hydrogen-bond acceptors (Lipinski definition) is 4. The van der Waals surface area contributed by atoms with Crippen LogP contribution in [0.25, 0.3) is 0 Å². The van der Waals surface area contributed by atoms with Gasteiger partial charge in [-0.05, 0) is 13.5 Å². The van der Waals surface area contributed by atoms with Crippen LogP contribution in [0, 0.1) is 5.41 Å². The maximum atomic E-state index is 5.83. The average Bonchev–Trinajstić information content (AvgIpc) is 2.95. The van der Waals surface area contributed by atoms with E-state index in [2.05, 4.69) is 26.8 Å². The first-order valence-electron chi connectivity index (χ1n) is 6.67. The van der Waals surface area contributed by atoms with Gasteiger partial charge in [-0.3, -0.25) is 4.90 Å². The van der Waals surface area contributed by atoms with E-state index in [0.29, 0.717) is 11.5 Å². The molecule has 2 aliphatic heterocycles. The second-order valence-corrected chi connectivity index (χ2v) is 5.73. The van der Waals surface area contributed by atoms with Gasteiger partial charge < -0.3 is 14.6 Å². The second kappa shape index (κ2) is 4.64. The Labute approximate surface area is 108 Å². The highest BCUT2D eigenvalue weighted by atomic mass is 16.5. The molecule has 0 saturated carbocycles.